The predicted octanol–water partition coefficient (Wildman–Crippen LogP) is 1.96. The molecule has 0 aromatic carbocycles. The molecule has 0 radical (unpaired) electrons. The average Bonchev–Trinajstić information content (AvgIpc) is 2.34. The Morgan fingerprint density at radius 3 is 2.67 bits per heavy atom. The minimum atomic E-state index is -0.596. The van der Waals surface area contributed by atoms with Crippen LogP contribution < -0.4 is 11.5 Å². The lowest BCUT2D eigenvalue weighted by molar-refractivity contribution is 0.0995. The van der Waals surface area contributed by atoms with Gasteiger partial charge in [-0.05, 0) is 36.0 Å². The summed E-state index contributed by atoms with van der Waals surface area (Å²) in [6.07, 6.45) is 1.53. The van der Waals surface area contributed by atoms with Crippen molar-refractivity contribution in [2.24, 2.45) is 5.73 Å². The number of aromatic nitrogens is 2. The summed E-state index contributed by atoms with van der Waals surface area (Å²) >= 11 is 6.98. The summed E-state index contributed by atoms with van der Waals surface area (Å²) in [7, 11) is 0. The van der Waals surface area contributed by atoms with Gasteiger partial charge in [0.15, 0.2) is 0 Å². The summed E-state index contributed by atoms with van der Waals surface area (Å²) in [5.41, 5.74) is 11.6. The van der Waals surface area contributed by atoms with Crippen LogP contribution in [0, 0.1) is 0 Å². The second kappa shape index (κ2) is 5.24. The fourth-order valence-electron chi connectivity index (χ4n) is 1.19. The molecule has 0 aliphatic heterocycles. The minimum Gasteiger partial charge on any atom is -0.397 e. The van der Waals surface area contributed by atoms with Gasteiger partial charge in [0, 0.05) is 6.20 Å². The third-order valence-electron chi connectivity index (χ3n) is 2.04. The van der Waals surface area contributed by atoms with E-state index in [2.05, 4.69) is 9.97 Å². The third kappa shape index (κ3) is 2.91. The van der Waals surface area contributed by atoms with Gasteiger partial charge in [0.05, 0.1) is 10.7 Å². The molecule has 5 nitrogen and oxygen atoms in total. The SMILES string of the molecule is NC(=O)c1ccc(N)c(Sc2ccc(Cl)cn2)n1. The molecule has 2 aromatic rings. The molecule has 1 amide bonds. The standard InChI is InChI=1S/C11H9ClN4OS/c12-6-1-4-9(15-5-6)18-11-7(13)2-3-8(16-11)10(14)17/h1-5H,13H2,(H2,14,17). The Hall–Kier alpha value is -1.79. The quantitative estimate of drug-likeness (QED) is 0.896. The number of nitrogens with zero attached hydrogens (tertiary/aromatic N) is 2. The summed E-state index contributed by atoms with van der Waals surface area (Å²) in [5, 5.41) is 1.72. The number of nitrogens with two attached hydrogens (primary N) is 2. The topological polar surface area (TPSA) is 94.9 Å². The zero-order valence-electron chi connectivity index (χ0n) is 9.13. The molecule has 0 fully saturated rings. The lowest BCUT2D eigenvalue weighted by atomic mass is 10.3. The van der Waals surface area contributed by atoms with Gasteiger partial charge in [-0.25, -0.2) is 9.97 Å². The normalized spacial score (nSPS) is 10.3. The van der Waals surface area contributed by atoms with Crippen LogP contribution in [-0.2, 0) is 0 Å². The van der Waals surface area contributed by atoms with Crippen LogP contribution in [0.5, 0.6) is 0 Å². The number of amides is 1. The molecule has 2 aromatic heterocycles. The van der Waals surface area contributed by atoms with E-state index in [0.29, 0.717) is 20.8 Å². The maximum absolute atomic E-state index is 11.0. The van der Waals surface area contributed by atoms with Crippen LogP contribution in [0.15, 0.2) is 40.5 Å². The van der Waals surface area contributed by atoms with E-state index >= 15 is 0 Å². The van der Waals surface area contributed by atoms with Crippen molar-refractivity contribution >= 4 is 35.0 Å². The molecule has 2 rings (SSSR count). The number of hydrogen-bond donors (Lipinski definition) is 2. The summed E-state index contributed by atoms with van der Waals surface area (Å²) in [6, 6.07) is 6.53. The first-order valence-electron chi connectivity index (χ1n) is 4.92. The smallest absolute Gasteiger partial charge is 0.267 e. The first kappa shape index (κ1) is 12.7. The number of anilines is 1. The van der Waals surface area contributed by atoms with E-state index in [1.807, 2.05) is 0 Å². The maximum Gasteiger partial charge on any atom is 0.267 e. The minimum absolute atomic E-state index is 0.167. The first-order chi connectivity index (χ1) is 8.56. The van der Waals surface area contributed by atoms with Gasteiger partial charge in [0.25, 0.3) is 5.91 Å². The van der Waals surface area contributed by atoms with E-state index in [9.17, 15) is 4.79 Å². The van der Waals surface area contributed by atoms with Crippen molar-refractivity contribution in [1.29, 1.82) is 0 Å². The Morgan fingerprint density at radius 2 is 2.06 bits per heavy atom. The number of nitrogen functional groups attached to an aromatic ring is 1. The largest absolute Gasteiger partial charge is 0.397 e. The van der Waals surface area contributed by atoms with Gasteiger partial charge in [0.2, 0.25) is 0 Å². The molecule has 0 unspecified atom stereocenters. The molecule has 92 valence electrons. The highest BCUT2D eigenvalue weighted by atomic mass is 35.5. The van der Waals surface area contributed by atoms with Gasteiger partial charge in [-0.3, -0.25) is 4.79 Å². The van der Waals surface area contributed by atoms with Crippen molar-refractivity contribution in [3.8, 4) is 0 Å². The molecular weight excluding hydrogens is 272 g/mol. The molecule has 0 spiro atoms. The van der Waals surface area contributed by atoms with Crippen LogP contribution in [-0.4, -0.2) is 15.9 Å². The predicted molar refractivity (Wildman–Crippen MR) is 70.5 cm³/mol. The number of carbonyl (C=O) groups is 1. The average molecular weight is 281 g/mol. The van der Waals surface area contributed by atoms with Crippen LogP contribution in [0.3, 0.4) is 0 Å². The van der Waals surface area contributed by atoms with E-state index in [0.717, 1.165) is 0 Å². The highest BCUT2D eigenvalue weighted by Gasteiger charge is 2.09. The summed E-state index contributed by atoms with van der Waals surface area (Å²) in [4.78, 5) is 19.2. The van der Waals surface area contributed by atoms with Crippen LogP contribution in [0.4, 0.5) is 5.69 Å². The Morgan fingerprint density at radius 1 is 1.28 bits per heavy atom. The van der Waals surface area contributed by atoms with Crippen molar-refractivity contribution in [2.75, 3.05) is 5.73 Å². The maximum atomic E-state index is 11.0. The van der Waals surface area contributed by atoms with Gasteiger partial charge >= 0.3 is 0 Å². The highest BCUT2D eigenvalue weighted by Crippen LogP contribution is 2.29. The summed E-state index contributed by atoms with van der Waals surface area (Å²) in [6.45, 7) is 0. The van der Waals surface area contributed by atoms with E-state index in [1.54, 1.807) is 18.2 Å². The van der Waals surface area contributed by atoms with Gasteiger partial charge in [0.1, 0.15) is 15.7 Å². The second-order valence-electron chi connectivity index (χ2n) is 3.37. The number of pyridine rings is 2. The molecule has 2 heterocycles. The van der Waals surface area contributed by atoms with E-state index < -0.39 is 5.91 Å². The molecule has 4 N–H and O–H groups in total. The third-order valence-corrected chi connectivity index (χ3v) is 3.24. The monoisotopic (exact) mass is 280 g/mol. The number of hydrogen-bond acceptors (Lipinski definition) is 5. The van der Waals surface area contributed by atoms with Gasteiger partial charge in [-0.1, -0.05) is 11.6 Å². The van der Waals surface area contributed by atoms with Gasteiger partial charge in [-0.15, -0.1) is 0 Å². The Kier molecular flexibility index (Phi) is 3.69. The zero-order valence-corrected chi connectivity index (χ0v) is 10.7. The highest BCUT2D eigenvalue weighted by molar-refractivity contribution is 7.99. The number of primary amides is 1. The fraction of sp³-hybridized carbons (Fsp3) is 0. The molecule has 0 saturated heterocycles. The van der Waals surface area contributed by atoms with Crippen LogP contribution >= 0.6 is 23.4 Å². The van der Waals surface area contributed by atoms with Crippen molar-refractivity contribution in [3.63, 3.8) is 0 Å². The van der Waals surface area contributed by atoms with Crippen molar-refractivity contribution < 1.29 is 4.79 Å². The van der Waals surface area contributed by atoms with E-state index in [1.165, 1.54) is 24.0 Å². The number of carbonyl (C=O) groups excluding carboxylic acids is 1. The molecule has 18 heavy (non-hydrogen) atoms. The van der Waals surface area contributed by atoms with Crippen LogP contribution in [0.1, 0.15) is 10.5 Å². The zero-order chi connectivity index (χ0) is 13.1. The van der Waals surface area contributed by atoms with Crippen LogP contribution in [0.25, 0.3) is 0 Å². The molecule has 7 heteroatoms. The Labute approximate surface area is 113 Å². The van der Waals surface area contributed by atoms with Gasteiger partial charge < -0.3 is 11.5 Å². The Bertz CT molecular complexity index is 588. The first-order valence-corrected chi connectivity index (χ1v) is 6.11. The molecule has 0 saturated carbocycles. The van der Waals surface area contributed by atoms with Gasteiger partial charge in [-0.2, -0.15) is 0 Å². The van der Waals surface area contributed by atoms with E-state index in [-0.39, 0.29) is 5.69 Å². The summed E-state index contributed by atoms with van der Waals surface area (Å²) in [5.74, 6) is -0.596. The fourth-order valence-corrected chi connectivity index (χ4v) is 2.07. The molecule has 0 aliphatic rings. The molecule has 0 atom stereocenters. The number of rotatable bonds is 3. The Balaban J connectivity index is 2.30. The lowest BCUT2D eigenvalue weighted by Gasteiger charge is -2.05. The van der Waals surface area contributed by atoms with Crippen LogP contribution in [0.2, 0.25) is 5.02 Å². The second-order valence-corrected chi connectivity index (χ2v) is 4.82. The molecule has 0 bridgehead atoms. The summed E-state index contributed by atoms with van der Waals surface area (Å²) < 4.78 is 0. The lowest BCUT2D eigenvalue weighted by Crippen LogP contribution is -2.13. The molecular formula is C11H9ClN4OS. The van der Waals surface area contributed by atoms with Crippen molar-refractivity contribution in [3.05, 3.63) is 41.2 Å². The van der Waals surface area contributed by atoms with Crippen molar-refractivity contribution in [2.45, 2.75) is 10.1 Å². The molecule has 0 aliphatic carbocycles. The van der Waals surface area contributed by atoms with E-state index in [4.69, 9.17) is 23.1 Å². The number of halogens is 1. The van der Waals surface area contributed by atoms with Crippen molar-refractivity contribution in [1.82, 2.24) is 9.97 Å².